The number of carbonyl (C=O) groups excluding carboxylic acids is 1. The number of carboxylic acids is 1. The fraction of sp³-hybridized carbons (Fsp3) is 0.370. The third-order valence-electron chi connectivity index (χ3n) is 6.29. The second kappa shape index (κ2) is 11.5. The van der Waals surface area contributed by atoms with Crippen LogP contribution in [-0.2, 0) is 16.1 Å². The molecule has 4 rings (SSSR count). The number of nitrogens with zero attached hydrogens (tertiary/aromatic N) is 1. The summed E-state index contributed by atoms with van der Waals surface area (Å²) in [4.78, 5) is 28.9. The summed E-state index contributed by atoms with van der Waals surface area (Å²) in [5, 5.41) is 11.6. The van der Waals surface area contributed by atoms with Gasteiger partial charge in [0.25, 0.3) is 0 Å². The van der Waals surface area contributed by atoms with Gasteiger partial charge in [0.05, 0.1) is 28.3 Å². The molecule has 1 aliphatic carbocycles. The van der Waals surface area contributed by atoms with E-state index < -0.39 is 18.2 Å². The van der Waals surface area contributed by atoms with Gasteiger partial charge in [-0.2, -0.15) is 4.39 Å². The first kappa shape index (κ1) is 25.6. The maximum atomic E-state index is 14.2. The average Bonchev–Trinajstić information content (AvgIpc) is 3.25. The van der Waals surface area contributed by atoms with Crippen LogP contribution in [0.25, 0.3) is 10.6 Å². The van der Waals surface area contributed by atoms with Crippen molar-refractivity contribution in [3.05, 3.63) is 70.5 Å². The Balaban J connectivity index is 1.40. The van der Waals surface area contributed by atoms with Gasteiger partial charge in [0.15, 0.2) is 5.13 Å². The second-order valence-electron chi connectivity index (χ2n) is 8.94. The number of aryl methyl sites for hydroxylation is 1. The predicted molar refractivity (Wildman–Crippen MR) is 134 cm³/mol. The zero-order chi connectivity index (χ0) is 25.7. The van der Waals surface area contributed by atoms with E-state index >= 15 is 0 Å². The highest BCUT2D eigenvalue weighted by Crippen LogP contribution is 2.34. The molecule has 9 heteroatoms. The molecule has 36 heavy (non-hydrogen) atoms. The number of ether oxygens (including phenoxy) is 2. The molecule has 2 aromatic heterocycles. The summed E-state index contributed by atoms with van der Waals surface area (Å²) >= 11 is 0.956. The lowest BCUT2D eigenvalue weighted by Gasteiger charge is -2.27. The van der Waals surface area contributed by atoms with E-state index in [1.165, 1.54) is 6.07 Å². The summed E-state index contributed by atoms with van der Waals surface area (Å²) < 4.78 is 25.7. The Bertz CT molecular complexity index is 1220. The van der Waals surface area contributed by atoms with Crippen molar-refractivity contribution in [3.63, 3.8) is 0 Å². The van der Waals surface area contributed by atoms with Crippen LogP contribution < -0.4 is 10.1 Å². The van der Waals surface area contributed by atoms with Crippen LogP contribution in [0.2, 0.25) is 0 Å². The van der Waals surface area contributed by atoms with Crippen LogP contribution in [0.15, 0.2) is 48.5 Å². The van der Waals surface area contributed by atoms with E-state index in [4.69, 9.17) is 9.47 Å². The van der Waals surface area contributed by atoms with Crippen LogP contribution in [0.3, 0.4) is 0 Å². The molecule has 0 radical (unpaired) electrons. The van der Waals surface area contributed by atoms with Gasteiger partial charge in [-0.15, -0.1) is 11.3 Å². The summed E-state index contributed by atoms with van der Waals surface area (Å²) in [6, 6.07) is 14.3. The van der Waals surface area contributed by atoms with E-state index in [0.29, 0.717) is 40.4 Å². The number of halogens is 1. The molecule has 0 unspecified atom stereocenters. The minimum absolute atomic E-state index is 0.0910. The predicted octanol–water partition coefficient (Wildman–Crippen LogP) is 6.27. The van der Waals surface area contributed by atoms with Gasteiger partial charge in [-0.3, -0.25) is 4.79 Å². The van der Waals surface area contributed by atoms with E-state index in [0.717, 1.165) is 29.7 Å². The number of amides is 1. The fourth-order valence-corrected chi connectivity index (χ4v) is 5.24. The molecule has 0 aliphatic heterocycles. The molecule has 7 nitrogen and oxygen atoms in total. The molecule has 190 valence electrons. The summed E-state index contributed by atoms with van der Waals surface area (Å²) in [6.07, 6.45) is 1.57. The molecule has 1 fully saturated rings. The third-order valence-corrected chi connectivity index (χ3v) is 7.28. The Labute approximate surface area is 213 Å². The van der Waals surface area contributed by atoms with Gasteiger partial charge in [-0.1, -0.05) is 30.3 Å². The standard InChI is InChI=1S/C27H29FN2O5S/c1-16-23(35-21-10-6-9-19(13-21)26(31)32)12-11-22(30-16)25-20(14-24(28)36-25)15-29-27(33)34-17(2)18-7-4-3-5-8-18/h3-5,7-8,11-12,14,17,19,21H,6,9-10,13,15H2,1-2H3,(H,29,33)(H,31,32)/t17-,19+,21+/m1/s1. The van der Waals surface area contributed by atoms with Gasteiger partial charge in [-0.05, 0) is 68.9 Å². The summed E-state index contributed by atoms with van der Waals surface area (Å²) in [5.41, 5.74) is 2.68. The van der Waals surface area contributed by atoms with Gasteiger partial charge in [0.2, 0.25) is 0 Å². The molecule has 1 saturated carbocycles. The molecular weight excluding hydrogens is 483 g/mol. The number of carbonyl (C=O) groups is 2. The molecule has 1 aliphatic rings. The number of alkyl carbamates (subject to hydrolysis) is 1. The lowest BCUT2D eigenvalue weighted by Crippen LogP contribution is -2.29. The van der Waals surface area contributed by atoms with Crippen molar-refractivity contribution in [1.29, 1.82) is 0 Å². The van der Waals surface area contributed by atoms with Crippen molar-refractivity contribution in [3.8, 4) is 16.3 Å². The Morgan fingerprint density at radius 3 is 2.72 bits per heavy atom. The number of hydrogen-bond acceptors (Lipinski definition) is 6. The number of rotatable bonds is 8. The summed E-state index contributed by atoms with van der Waals surface area (Å²) in [6.45, 7) is 3.68. The molecule has 3 atom stereocenters. The maximum Gasteiger partial charge on any atom is 0.408 e. The van der Waals surface area contributed by atoms with Gasteiger partial charge < -0.3 is 19.9 Å². The van der Waals surface area contributed by atoms with E-state index in [2.05, 4.69) is 10.3 Å². The number of benzene rings is 1. The lowest BCUT2D eigenvalue weighted by atomic mass is 9.87. The molecule has 2 heterocycles. The van der Waals surface area contributed by atoms with Gasteiger partial charge >= 0.3 is 12.1 Å². The Morgan fingerprint density at radius 2 is 2.00 bits per heavy atom. The van der Waals surface area contributed by atoms with Crippen LogP contribution >= 0.6 is 11.3 Å². The number of hydrogen-bond donors (Lipinski definition) is 2. The van der Waals surface area contributed by atoms with Crippen molar-refractivity contribution in [2.24, 2.45) is 5.92 Å². The molecule has 1 aromatic carbocycles. The molecule has 3 aromatic rings. The number of thiophene rings is 1. The van der Waals surface area contributed by atoms with Crippen molar-refractivity contribution in [2.45, 2.75) is 58.3 Å². The number of nitrogens with one attached hydrogen (secondary N) is 1. The molecule has 0 spiro atoms. The fourth-order valence-electron chi connectivity index (χ4n) is 4.36. The largest absolute Gasteiger partial charge is 0.489 e. The SMILES string of the molecule is Cc1nc(-c2sc(F)cc2CNC(=O)O[C@H](C)c2ccccc2)ccc1O[C@H]1CCC[C@H](C(=O)O)C1. The molecule has 1 amide bonds. The Kier molecular flexibility index (Phi) is 8.20. The zero-order valence-corrected chi connectivity index (χ0v) is 21.0. The Morgan fingerprint density at radius 1 is 1.22 bits per heavy atom. The molecule has 0 saturated heterocycles. The zero-order valence-electron chi connectivity index (χ0n) is 20.2. The van der Waals surface area contributed by atoms with Crippen LogP contribution in [-0.4, -0.2) is 28.3 Å². The second-order valence-corrected chi connectivity index (χ2v) is 9.94. The first-order chi connectivity index (χ1) is 17.3. The van der Waals surface area contributed by atoms with E-state index in [1.54, 1.807) is 26.0 Å². The molecule has 2 N–H and O–H groups in total. The van der Waals surface area contributed by atoms with E-state index in [1.807, 2.05) is 30.3 Å². The smallest absolute Gasteiger partial charge is 0.408 e. The van der Waals surface area contributed by atoms with Crippen LogP contribution in [0.5, 0.6) is 5.75 Å². The highest BCUT2D eigenvalue weighted by Gasteiger charge is 2.28. The van der Waals surface area contributed by atoms with Crippen molar-refractivity contribution < 1.29 is 28.6 Å². The monoisotopic (exact) mass is 512 g/mol. The number of carboxylic acid groups (broad SMARTS) is 1. The highest BCUT2D eigenvalue weighted by atomic mass is 32.1. The molecule has 0 bridgehead atoms. The number of aliphatic carboxylic acids is 1. The van der Waals surface area contributed by atoms with Crippen molar-refractivity contribution in [2.75, 3.05) is 0 Å². The van der Waals surface area contributed by atoms with Gasteiger partial charge in [0, 0.05) is 6.54 Å². The molecular formula is C27H29FN2O5S. The number of pyridine rings is 1. The summed E-state index contributed by atoms with van der Waals surface area (Å²) in [7, 11) is 0. The maximum absolute atomic E-state index is 14.2. The summed E-state index contributed by atoms with van der Waals surface area (Å²) in [5.74, 6) is -0.583. The van der Waals surface area contributed by atoms with Crippen LogP contribution in [0, 0.1) is 18.0 Å². The van der Waals surface area contributed by atoms with Gasteiger partial charge in [-0.25, -0.2) is 9.78 Å². The topological polar surface area (TPSA) is 97.8 Å². The van der Waals surface area contributed by atoms with Crippen LogP contribution in [0.4, 0.5) is 9.18 Å². The minimum atomic E-state index is -0.784. The van der Waals surface area contributed by atoms with Crippen molar-refractivity contribution in [1.82, 2.24) is 10.3 Å². The quantitative estimate of drug-likeness (QED) is 0.369. The van der Waals surface area contributed by atoms with Crippen LogP contribution in [0.1, 0.15) is 55.5 Å². The first-order valence-corrected chi connectivity index (χ1v) is 12.8. The highest BCUT2D eigenvalue weighted by molar-refractivity contribution is 7.14. The van der Waals surface area contributed by atoms with Crippen molar-refractivity contribution >= 4 is 23.4 Å². The minimum Gasteiger partial charge on any atom is -0.489 e. The Hall–Kier alpha value is -3.46. The lowest BCUT2D eigenvalue weighted by molar-refractivity contribution is -0.143. The van der Waals surface area contributed by atoms with E-state index in [-0.39, 0.29) is 23.7 Å². The average molecular weight is 513 g/mol. The third kappa shape index (κ3) is 6.40. The normalized spacial score (nSPS) is 18.3. The first-order valence-electron chi connectivity index (χ1n) is 11.9. The number of aromatic nitrogens is 1. The van der Waals surface area contributed by atoms with E-state index in [9.17, 15) is 19.1 Å². The van der Waals surface area contributed by atoms with Gasteiger partial charge in [0.1, 0.15) is 11.9 Å².